The van der Waals surface area contributed by atoms with Crippen LogP contribution in [0.2, 0.25) is 0 Å². The molecule has 1 aromatic carbocycles. The number of carboxylic acid groups (broad SMARTS) is 1. The van der Waals surface area contributed by atoms with E-state index < -0.39 is 40.6 Å². The lowest BCUT2D eigenvalue weighted by Crippen LogP contribution is -2.20. The molecule has 0 heterocycles. The Bertz CT molecular complexity index is 603. The fraction of sp³-hybridized carbons (Fsp3) is 0.0833. The topological polar surface area (TPSA) is 113 Å². The largest absolute Gasteiger partial charge is 0.478 e. The molecule has 0 aliphatic heterocycles. The molecule has 0 unspecified atom stereocenters. The van der Waals surface area contributed by atoms with Gasteiger partial charge in [0, 0.05) is 11.8 Å². The quantitative estimate of drug-likeness (QED) is 0.431. The summed E-state index contributed by atoms with van der Waals surface area (Å²) in [6.07, 6.45) is 0.881. The van der Waals surface area contributed by atoms with E-state index in [1.807, 2.05) is 0 Å². The van der Waals surface area contributed by atoms with Gasteiger partial charge in [0.05, 0.1) is 5.56 Å². The lowest BCUT2D eigenvalue weighted by molar-refractivity contribution is -0.116. The van der Waals surface area contributed by atoms with Crippen molar-refractivity contribution in [1.29, 1.82) is 5.41 Å². The van der Waals surface area contributed by atoms with E-state index in [1.54, 1.807) is 0 Å². The van der Waals surface area contributed by atoms with Gasteiger partial charge in [-0.3, -0.25) is 4.79 Å². The van der Waals surface area contributed by atoms with Crippen LogP contribution < -0.4 is 10.5 Å². The molecular formula is C12H10F2N2O4. The second-order valence-electron chi connectivity index (χ2n) is 3.73. The smallest absolute Gasteiger partial charge is 0.335 e. The van der Waals surface area contributed by atoms with Crippen molar-refractivity contribution in [3.8, 4) is 5.75 Å². The standard InChI is InChI=1S/C12H10F2N2O4/c1-5(15)2-9(11(16)17)20-10-7(13)3-6(12(18)19)4-8(10)14/h2-4,15H,1H3,(H2,16,17)(H,18,19)/b9-2+,15-5?. The van der Waals surface area contributed by atoms with Crippen LogP contribution in [-0.4, -0.2) is 22.7 Å². The number of hydrogen-bond donors (Lipinski definition) is 3. The molecule has 20 heavy (non-hydrogen) atoms. The molecular weight excluding hydrogens is 274 g/mol. The minimum absolute atomic E-state index is 0.123. The van der Waals surface area contributed by atoms with Crippen molar-refractivity contribution in [3.63, 3.8) is 0 Å². The van der Waals surface area contributed by atoms with E-state index >= 15 is 0 Å². The average molecular weight is 284 g/mol. The molecule has 4 N–H and O–H groups in total. The summed E-state index contributed by atoms with van der Waals surface area (Å²) >= 11 is 0. The van der Waals surface area contributed by atoms with Crippen LogP contribution in [0.5, 0.6) is 5.75 Å². The van der Waals surface area contributed by atoms with Gasteiger partial charge in [-0.2, -0.15) is 0 Å². The number of hydrogen-bond acceptors (Lipinski definition) is 4. The van der Waals surface area contributed by atoms with Crippen molar-refractivity contribution in [2.75, 3.05) is 0 Å². The van der Waals surface area contributed by atoms with Crippen LogP contribution >= 0.6 is 0 Å². The summed E-state index contributed by atoms with van der Waals surface area (Å²) in [7, 11) is 0. The third-order valence-corrected chi connectivity index (χ3v) is 2.05. The van der Waals surface area contributed by atoms with Crippen LogP contribution in [0.15, 0.2) is 24.0 Å². The molecule has 0 atom stereocenters. The van der Waals surface area contributed by atoms with Crippen molar-refractivity contribution < 1.29 is 28.2 Å². The van der Waals surface area contributed by atoms with Crippen molar-refractivity contribution in [2.45, 2.75) is 6.92 Å². The molecule has 1 rings (SSSR count). The van der Waals surface area contributed by atoms with Crippen molar-refractivity contribution in [3.05, 3.63) is 41.2 Å². The minimum atomic E-state index is -1.52. The SMILES string of the molecule is CC(=N)/C=C(/Oc1c(F)cc(C(=O)O)cc1F)C(N)=O. The van der Waals surface area contributed by atoms with Crippen LogP contribution in [0.25, 0.3) is 0 Å². The summed E-state index contributed by atoms with van der Waals surface area (Å²) in [6.45, 7) is 1.30. The first-order chi connectivity index (χ1) is 9.22. The van der Waals surface area contributed by atoms with Gasteiger partial charge < -0.3 is 21.0 Å². The number of ether oxygens (including phenoxy) is 1. The number of nitrogens with one attached hydrogen (secondary N) is 1. The average Bonchev–Trinajstić information content (AvgIpc) is 2.30. The Morgan fingerprint density at radius 1 is 1.35 bits per heavy atom. The molecule has 8 heteroatoms. The van der Waals surface area contributed by atoms with Crippen LogP contribution in [0.4, 0.5) is 8.78 Å². The van der Waals surface area contributed by atoms with Crippen molar-refractivity contribution in [1.82, 2.24) is 0 Å². The normalized spacial score (nSPS) is 11.1. The van der Waals surface area contributed by atoms with Crippen LogP contribution in [-0.2, 0) is 4.79 Å². The van der Waals surface area contributed by atoms with Crippen LogP contribution in [0.3, 0.4) is 0 Å². The van der Waals surface area contributed by atoms with Gasteiger partial charge in [-0.05, 0) is 19.1 Å². The molecule has 0 radical (unpaired) electrons. The summed E-state index contributed by atoms with van der Waals surface area (Å²) < 4.78 is 31.8. The van der Waals surface area contributed by atoms with Gasteiger partial charge in [0.1, 0.15) is 0 Å². The van der Waals surface area contributed by atoms with Gasteiger partial charge in [0.2, 0.25) is 0 Å². The highest BCUT2D eigenvalue weighted by Crippen LogP contribution is 2.25. The molecule has 0 aromatic heterocycles. The molecule has 0 fully saturated rings. The minimum Gasteiger partial charge on any atom is -0.478 e. The highest BCUT2D eigenvalue weighted by atomic mass is 19.1. The molecule has 6 nitrogen and oxygen atoms in total. The second kappa shape index (κ2) is 5.91. The molecule has 0 saturated heterocycles. The Hall–Kier alpha value is -2.77. The first-order valence-corrected chi connectivity index (χ1v) is 5.19. The van der Waals surface area contributed by atoms with Gasteiger partial charge in [0.15, 0.2) is 23.1 Å². The molecule has 0 spiro atoms. The number of carbonyl (C=O) groups excluding carboxylic acids is 1. The number of carbonyl (C=O) groups is 2. The molecule has 0 aliphatic carbocycles. The van der Waals surface area contributed by atoms with E-state index in [1.165, 1.54) is 6.92 Å². The predicted octanol–water partition coefficient (Wildman–Crippen LogP) is 1.45. The Morgan fingerprint density at radius 2 is 1.85 bits per heavy atom. The number of halogens is 2. The van der Waals surface area contributed by atoms with Gasteiger partial charge in [-0.1, -0.05) is 0 Å². The first-order valence-electron chi connectivity index (χ1n) is 5.19. The number of allylic oxidation sites excluding steroid dienone is 1. The third-order valence-electron chi connectivity index (χ3n) is 2.05. The molecule has 0 saturated carbocycles. The molecule has 1 amide bonds. The first kappa shape index (κ1) is 15.3. The zero-order valence-corrected chi connectivity index (χ0v) is 10.2. The number of carboxylic acids is 1. The van der Waals surface area contributed by atoms with Gasteiger partial charge in [0.25, 0.3) is 5.91 Å². The number of aromatic carboxylic acids is 1. The fourth-order valence-corrected chi connectivity index (χ4v) is 1.24. The molecule has 0 aliphatic rings. The summed E-state index contributed by atoms with van der Waals surface area (Å²) in [5.74, 6) is -6.87. The van der Waals surface area contributed by atoms with E-state index in [0.717, 1.165) is 6.08 Å². The highest BCUT2D eigenvalue weighted by molar-refractivity contribution is 6.00. The maximum absolute atomic E-state index is 13.6. The Labute approximate surface area is 112 Å². The van der Waals surface area contributed by atoms with Gasteiger partial charge in [-0.15, -0.1) is 0 Å². The maximum Gasteiger partial charge on any atom is 0.335 e. The Morgan fingerprint density at radius 3 is 2.20 bits per heavy atom. The van der Waals surface area contributed by atoms with E-state index in [2.05, 4.69) is 4.74 Å². The number of nitrogens with two attached hydrogens (primary N) is 1. The third kappa shape index (κ3) is 3.61. The van der Waals surface area contributed by atoms with E-state index in [9.17, 15) is 18.4 Å². The zero-order valence-electron chi connectivity index (χ0n) is 10.2. The summed E-state index contributed by atoms with van der Waals surface area (Å²) in [6, 6.07) is 1.08. The zero-order chi connectivity index (χ0) is 15.4. The van der Waals surface area contributed by atoms with E-state index in [4.69, 9.17) is 16.2 Å². The maximum atomic E-state index is 13.6. The number of rotatable bonds is 5. The van der Waals surface area contributed by atoms with Crippen molar-refractivity contribution >= 4 is 17.6 Å². The molecule has 106 valence electrons. The Balaban J connectivity index is 3.24. The molecule has 1 aromatic rings. The highest BCUT2D eigenvalue weighted by Gasteiger charge is 2.19. The lowest BCUT2D eigenvalue weighted by Gasteiger charge is -2.09. The van der Waals surface area contributed by atoms with Crippen LogP contribution in [0.1, 0.15) is 17.3 Å². The van der Waals surface area contributed by atoms with Crippen molar-refractivity contribution in [2.24, 2.45) is 5.73 Å². The Kier molecular flexibility index (Phi) is 4.52. The van der Waals surface area contributed by atoms with Gasteiger partial charge >= 0.3 is 5.97 Å². The lowest BCUT2D eigenvalue weighted by atomic mass is 10.2. The van der Waals surface area contributed by atoms with E-state index in [0.29, 0.717) is 12.1 Å². The van der Waals surface area contributed by atoms with E-state index in [-0.39, 0.29) is 5.71 Å². The summed E-state index contributed by atoms with van der Waals surface area (Å²) in [4.78, 5) is 21.6. The number of primary amides is 1. The number of benzene rings is 1. The van der Waals surface area contributed by atoms with Crippen LogP contribution in [0, 0.1) is 17.0 Å². The number of amides is 1. The molecule has 0 bridgehead atoms. The monoisotopic (exact) mass is 284 g/mol. The summed E-state index contributed by atoms with van der Waals surface area (Å²) in [5, 5.41) is 15.8. The summed E-state index contributed by atoms with van der Waals surface area (Å²) in [5.41, 5.74) is 4.21. The van der Waals surface area contributed by atoms with Gasteiger partial charge in [-0.25, -0.2) is 13.6 Å². The fourth-order valence-electron chi connectivity index (χ4n) is 1.24. The second-order valence-corrected chi connectivity index (χ2v) is 3.73. The predicted molar refractivity (Wildman–Crippen MR) is 64.6 cm³/mol.